The molecule has 1 N–H and O–H groups in total. The Morgan fingerprint density at radius 1 is 1.29 bits per heavy atom. The molecular formula is C18H28N2O. The lowest BCUT2D eigenvalue weighted by Crippen LogP contribution is -2.42. The van der Waals surface area contributed by atoms with Gasteiger partial charge in [0.05, 0.1) is 12.2 Å². The first-order valence-electron chi connectivity index (χ1n) is 8.40. The van der Waals surface area contributed by atoms with Crippen molar-refractivity contribution in [2.75, 3.05) is 24.5 Å². The SMILES string of the molecule is CC1CN(C(C)C)c2cc(CC3CCNCC3)ccc2O1. The van der Waals surface area contributed by atoms with E-state index in [4.69, 9.17) is 4.74 Å². The number of rotatable bonds is 3. The molecule has 0 radical (unpaired) electrons. The van der Waals surface area contributed by atoms with Crippen molar-refractivity contribution in [1.29, 1.82) is 0 Å². The summed E-state index contributed by atoms with van der Waals surface area (Å²) >= 11 is 0. The maximum Gasteiger partial charge on any atom is 0.143 e. The second-order valence-corrected chi connectivity index (χ2v) is 6.87. The van der Waals surface area contributed by atoms with Crippen LogP contribution < -0.4 is 15.0 Å². The number of benzene rings is 1. The van der Waals surface area contributed by atoms with Gasteiger partial charge in [-0.25, -0.2) is 0 Å². The van der Waals surface area contributed by atoms with Crippen LogP contribution in [-0.4, -0.2) is 31.8 Å². The second-order valence-electron chi connectivity index (χ2n) is 6.87. The topological polar surface area (TPSA) is 24.5 Å². The van der Waals surface area contributed by atoms with E-state index in [1.165, 1.54) is 43.6 Å². The highest BCUT2D eigenvalue weighted by Gasteiger charge is 2.25. The standard InChI is InChI=1S/C18H28N2O/c1-13(2)20-12-14(3)21-18-5-4-16(11-17(18)20)10-15-6-8-19-9-7-15/h4-5,11,13-15,19H,6-10,12H2,1-3H3. The fourth-order valence-electron chi connectivity index (χ4n) is 3.55. The van der Waals surface area contributed by atoms with Crippen LogP contribution in [0.3, 0.4) is 0 Å². The maximum atomic E-state index is 6.01. The third-order valence-corrected chi connectivity index (χ3v) is 4.72. The number of fused-ring (bicyclic) bond motifs is 1. The van der Waals surface area contributed by atoms with Crippen molar-refractivity contribution < 1.29 is 4.74 Å². The summed E-state index contributed by atoms with van der Waals surface area (Å²) < 4.78 is 6.01. The van der Waals surface area contributed by atoms with Gasteiger partial charge in [-0.3, -0.25) is 0 Å². The molecule has 1 aromatic carbocycles. The zero-order valence-electron chi connectivity index (χ0n) is 13.6. The molecule has 1 saturated heterocycles. The summed E-state index contributed by atoms with van der Waals surface area (Å²) in [5.41, 5.74) is 2.75. The van der Waals surface area contributed by atoms with Gasteiger partial charge in [-0.2, -0.15) is 0 Å². The highest BCUT2D eigenvalue weighted by Crippen LogP contribution is 2.36. The normalized spacial score (nSPS) is 23.0. The van der Waals surface area contributed by atoms with Crippen LogP contribution in [0.1, 0.15) is 39.2 Å². The first-order valence-corrected chi connectivity index (χ1v) is 8.40. The molecule has 3 nitrogen and oxygen atoms in total. The molecule has 3 rings (SSSR count). The Morgan fingerprint density at radius 3 is 2.76 bits per heavy atom. The molecule has 2 aliphatic heterocycles. The van der Waals surface area contributed by atoms with Crippen LogP contribution in [0.5, 0.6) is 5.75 Å². The lowest BCUT2D eigenvalue weighted by molar-refractivity contribution is 0.209. The molecule has 3 heteroatoms. The van der Waals surface area contributed by atoms with Crippen LogP contribution in [0.4, 0.5) is 5.69 Å². The Labute approximate surface area is 128 Å². The number of ether oxygens (including phenoxy) is 1. The summed E-state index contributed by atoms with van der Waals surface area (Å²) in [6.45, 7) is 10.0. The monoisotopic (exact) mass is 288 g/mol. The van der Waals surface area contributed by atoms with Gasteiger partial charge in [0.1, 0.15) is 11.9 Å². The summed E-state index contributed by atoms with van der Waals surface area (Å²) in [7, 11) is 0. The van der Waals surface area contributed by atoms with Crippen molar-refractivity contribution in [3.63, 3.8) is 0 Å². The van der Waals surface area contributed by atoms with Crippen molar-refractivity contribution in [3.8, 4) is 5.75 Å². The molecule has 0 aromatic heterocycles. The predicted octanol–water partition coefficient (Wildman–Crippen LogP) is 3.22. The Hall–Kier alpha value is -1.22. The highest BCUT2D eigenvalue weighted by atomic mass is 16.5. The zero-order valence-corrected chi connectivity index (χ0v) is 13.6. The Bertz CT molecular complexity index is 480. The molecule has 2 heterocycles. The first-order chi connectivity index (χ1) is 10.1. The van der Waals surface area contributed by atoms with Crippen LogP contribution >= 0.6 is 0 Å². The Morgan fingerprint density at radius 2 is 2.05 bits per heavy atom. The Kier molecular flexibility index (Phi) is 4.39. The summed E-state index contributed by atoms with van der Waals surface area (Å²) in [6, 6.07) is 7.32. The van der Waals surface area contributed by atoms with Gasteiger partial charge in [0.15, 0.2) is 0 Å². The van der Waals surface area contributed by atoms with Crippen LogP contribution in [0, 0.1) is 5.92 Å². The summed E-state index contributed by atoms with van der Waals surface area (Å²) in [4.78, 5) is 2.48. The molecule has 1 aromatic rings. The van der Waals surface area contributed by atoms with Gasteiger partial charge in [-0.05, 0) is 76.7 Å². The smallest absolute Gasteiger partial charge is 0.143 e. The number of hydrogen-bond donors (Lipinski definition) is 1. The minimum atomic E-state index is 0.273. The highest BCUT2D eigenvalue weighted by molar-refractivity contribution is 5.62. The average Bonchev–Trinajstić information content (AvgIpc) is 2.47. The van der Waals surface area contributed by atoms with E-state index in [2.05, 4.69) is 49.2 Å². The van der Waals surface area contributed by atoms with E-state index in [1.54, 1.807) is 0 Å². The largest absolute Gasteiger partial charge is 0.487 e. The van der Waals surface area contributed by atoms with E-state index in [0.29, 0.717) is 6.04 Å². The summed E-state index contributed by atoms with van der Waals surface area (Å²) in [6.07, 6.45) is 4.09. The zero-order chi connectivity index (χ0) is 14.8. The molecular weight excluding hydrogens is 260 g/mol. The molecule has 0 amide bonds. The van der Waals surface area contributed by atoms with Crippen molar-refractivity contribution in [2.45, 2.75) is 52.2 Å². The van der Waals surface area contributed by atoms with Crippen molar-refractivity contribution in [2.24, 2.45) is 5.92 Å². The van der Waals surface area contributed by atoms with Crippen LogP contribution in [0.2, 0.25) is 0 Å². The second kappa shape index (κ2) is 6.27. The minimum Gasteiger partial charge on any atom is -0.487 e. The van der Waals surface area contributed by atoms with Crippen LogP contribution in [0.25, 0.3) is 0 Å². The number of piperidine rings is 1. The molecule has 21 heavy (non-hydrogen) atoms. The van der Waals surface area contributed by atoms with Gasteiger partial charge in [-0.15, -0.1) is 0 Å². The third-order valence-electron chi connectivity index (χ3n) is 4.72. The van der Waals surface area contributed by atoms with E-state index >= 15 is 0 Å². The van der Waals surface area contributed by atoms with Gasteiger partial charge < -0.3 is 15.0 Å². The molecule has 0 bridgehead atoms. The number of hydrogen-bond acceptors (Lipinski definition) is 3. The molecule has 116 valence electrons. The average molecular weight is 288 g/mol. The number of nitrogens with zero attached hydrogens (tertiary/aromatic N) is 1. The van der Waals surface area contributed by atoms with Gasteiger partial charge in [0, 0.05) is 6.04 Å². The van der Waals surface area contributed by atoms with E-state index in [0.717, 1.165) is 18.2 Å². The molecule has 2 aliphatic rings. The van der Waals surface area contributed by atoms with Gasteiger partial charge in [0.25, 0.3) is 0 Å². The summed E-state index contributed by atoms with van der Waals surface area (Å²) in [5.74, 6) is 1.89. The lowest BCUT2D eigenvalue weighted by atomic mass is 9.90. The fraction of sp³-hybridized carbons (Fsp3) is 0.667. The van der Waals surface area contributed by atoms with E-state index < -0.39 is 0 Å². The van der Waals surface area contributed by atoms with Crippen molar-refractivity contribution in [3.05, 3.63) is 23.8 Å². The molecule has 1 atom stereocenters. The minimum absolute atomic E-state index is 0.273. The summed E-state index contributed by atoms with van der Waals surface area (Å²) in [5, 5.41) is 3.45. The van der Waals surface area contributed by atoms with Gasteiger partial charge >= 0.3 is 0 Å². The van der Waals surface area contributed by atoms with E-state index in [1.807, 2.05) is 0 Å². The van der Waals surface area contributed by atoms with Crippen molar-refractivity contribution in [1.82, 2.24) is 5.32 Å². The van der Waals surface area contributed by atoms with Crippen LogP contribution in [0.15, 0.2) is 18.2 Å². The number of nitrogens with one attached hydrogen (secondary N) is 1. The Balaban J connectivity index is 1.80. The van der Waals surface area contributed by atoms with Crippen LogP contribution in [-0.2, 0) is 6.42 Å². The predicted molar refractivity (Wildman–Crippen MR) is 88.3 cm³/mol. The molecule has 0 spiro atoms. The molecule has 1 unspecified atom stereocenters. The quantitative estimate of drug-likeness (QED) is 0.924. The molecule has 1 fully saturated rings. The van der Waals surface area contributed by atoms with E-state index in [9.17, 15) is 0 Å². The molecule has 0 aliphatic carbocycles. The third kappa shape index (κ3) is 3.34. The lowest BCUT2D eigenvalue weighted by Gasteiger charge is -2.38. The van der Waals surface area contributed by atoms with E-state index in [-0.39, 0.29) is 6.10 Å². The maximum absolute atomic E-state index is 6.01. The number of anilines is 1. The van der Waals surface area contributed by atoms with Crippen molar-refractivity contribution >= 4 is 5.69 Å². The first kappa shape index (κ1) is 14.7. The van der Waals surface area contributed by atoms with Gasteiger partial charge in [0.2, 0.25) is 0 Å². The van der Waals surface area contributed by atoms with Gasteiger partial charge in [-0.1, -0.05) is 6.07 Å². The molecule has 0 saturated carbocycles. The fourth-order valence-corrected chi connectivity index (χ4v) is 3.55.